The van der Waals surface area contributed by atoms with Crippen molar-refractivity contribution in [2.45, 2.75) is 45.1 Å². The highest BCUT2D eigenvalue weighted by molar-refractivity contribution is 5.35. The second-order valence-electron chi connectivity index (χ2n) is 5.15. The largest absolute Gasteiger partial charge is 0.493 e. The van der Waals surface area contributed by atoms with Crippen LogP contribution >= 0.6 is 0 Å². The van der Waals surface area contributed by atoms with Crippen LogP contribution in [-0.2, 0) is 6.42 Å². The summed E-state index contributed by atoms with van der Waals surface area (Å²) in [6.45, 7) is 3.00. The molecule has 3 heteroatoms. The van der Waals surface area contributed by atoms with E-state index >= 15 is 0 Å². The molecular formula is C15H24N2O. The third kappa shape index (κ3) is 3.24. The van der Waals surface area contributed by atoms with Gasteiger partial charge in [-0.15, -0.1) is 0 Å². The molecule has 2 rings (SSSR count). The average molecular weight is 248 g/mol. The molecule has 0 saturated heterocycles. The van der Waals surface area contributed by atoms with Crippen LogP contribution in [0.5, 0.6) is 5.75 Å². The number of rotatable bonds is 6. The summed E-state index contributed by atoms with van der Waals surface area (Å²) in [5.74, 6) is 7.23. The summed E-state index contributed by atoms with van der Waals surface area (Å²) in [6.07, 6.45) is 5.98. The fraction of sp³-hybridized carbons (Fsp3) is 0.600. The first-order valence-electron chi connectivity index (χ1n) is 7.02. The van der Waals surface area contributed by atoms with E-state index in [2.05, 4.69) is 24.5 Å². The van der Waals surface area contributed by atoms with Gasteiger partial charge in [-0.3, -0.25) is 11.3 Å². The fourth-order valence-electron chi connectivity index (χ4n) is 2.68. The van der Waals surface area contributed by atoms with Crippen LogP contribution in [0, 0.1) is 5.92 Å². The molecule has 2 unspecified atom stereocenters. The molecule has 18 heavy (non-hydrogen) atoms. The summed E-state index contributed by atoms with van der Waals surface area (Å²) >= 11 is 0. The molecule has 0 aliphatic carbocycles. The topological polar surface area (TPSA) is 47.3 Å². The summed E-state index contributed by atoms with van der Waals surface area (Å²) < 4.78 is 5.83. The monoisotopic (exact) mass is 248 g/mol. The summed E-state index contributed by atoms with van der Waals surface area (Å²) in [6, 6.07) is 8.67. The molecule has 3 nitrogen and oxygen atoms in total. The van der Waals surface area contributed by atoms with Crippen LogP contribution in [0.1, 0.15) is 38.2 Å². The molecule has 1 aliphatic rings. The van der Waals surface area contributed by atoms with Gasteiger partial charge in [0.1, 0.15) is 5.75 Å². The molecule has 0 spiro atoms. The van der Waals surface area contributed by atoms with Gasteiger partial charge < -0.3 is 4.74 Å². The van der Waals surface area contributed by atoms with Crippen molar-refractivity contribution in [3.8, 4) is 5.75 Å². The number of para-hydroxylation sites is 1. The van der Waals surface area contributed by atoms with Crippen LogP contribution in [0.3, 0.4) is 0 Å². The average Bonchev–Trinajstić information content (AvgIpc) is 2.43. The maximum Gasteiger partial charge on any atom is 0.122 e. The third-order valence-electron chi connectivity index (χ3n) is 3.81. The second-order valence-corrected chi connectivity index (χ2v) is 5.15. The maximum atomic E-state index is 5.83. The lowest BCUT2D eigenvalue weighted by Crippen LogP contribution is -2.45. The normalized spacial score (nSPS) is 20.0. The Hall–Kier alpha value is -1.06. The number of ether oxygens (including phenoxy) is 1. The van der Waals surface area contributed by atoms with E-state index in [1.165, 1.54) is 24.8 Å². The van der Waals surface area contributed by atoms with Gasteiger partial charge >= 0.3 is 0 Å². The van der Waals surface area contributed by atoms with Crippen LogP contribution in [0.4, 0.5) is 0 Å². The van der Waals surface area contributed by atoms with Crippen molar-refractivity contribution in [2.75, 3.05) is 6.61 Å². The zero-order chi connectivity index (χ0) is 12.8. The Balaban J connectivity index is 1.93. The number of fused-ring (bicyclic) bond motifs is 1. The summed E-state index contributed by atoms with van der Waals surface area (Å²) in [5, 5.41) is 0. The van der Waals surface area contributed by atoms with E-state index in [0.717, 1.165) is 25.2 Å². The third-order valence-corrected chi connectivity index (χ3v) is 3.81. The molecule has 0 fully saturated rings. The van der Waals surface area contributed by atoms with E-state index in [0.29, 0.717) is 12.0 Å². The van der Waals surface area contributed by atoms with Crippen molar-refractivity contribution in [1.82, 2.24) is 5.43 Å². The van der Waals surface area contributed by atoms with E-state index in [1.54, 1.807) is 0 Å². The van der Waals surface area contributed by atoms with E-state index in [4.69, 9.17) is 10.6 Å². The second kappa shape index (κ2) is 6.76. The van der Waals surface area contributed by atoms with E-state index in [1.807, 2.05) is 12.1 Å². The van der Waals surface area contributed by atoms with Crippen molar-refractivity contribution < 1.29 is 4.74 Å². The van der Waals surface area contributed by atoms with Crippen molar-refractivity contribution in [3.05, 3.63) is 29.8 Å². The molecule has 1 aromatic carbocycles. The molecule has 0 radical (unpaired) electrons. The van der Waals surface area contributed by atoms with E-state index in [9.17, 15) is 0 Å². The minimum atomic E-state index is 0.366. The number of unbranched alkanes of at least 4 members (excludes halogenated alkanes) is 2. The first-order chi connectivity index (χ1) is 8.85. The van der Waals surface area contributed by atoms with Crippen LogP contribution in [0.2, 0.25) is 0 Å². The Morgan fingerprint density at radius 2 is 2.22 bits per heavy atom. The molecule has 0 saturated carbocycles. The highest BCUT2D eigenvalue weighted by Crippen LogP contribution is 2.29. The van der Waals surface area contributed by atoms with Crippen LogP contribution in [0.25, 0.3) is 0 Å². The Bertz CT molecular complexity index is 367. The highest BCUT2D eigenvalue weighted by Gasteiger charge is 2.26. The standard InChI is InChI=1S/C15H24N2O/c1-2-3-4-8-14(17-16)13-10-12-7-5-6-9-15(12)18-11-13/h5-7,9,13-14,17H,2-4,8,10-11,16H2,1H3. The smallest absolute Gasteiger partial charge is 0.122 e. The van der Waals surface area contributed by atoms with Gasteiger partial charge in [0.2, 0.25) is 0 Å². The van der Waals surface area contributed by atoms with E-state index < -0.39 is 0 Å². The van der Waals surface area contributed by atoms with Crippen molar-refractivity contribution in [2.24, 2.45) is 11.8 Å². The first kappa shape index (κ1) is 13.4. The van der Waals surface area contributed by atoms with Crippen molar-refractivity contribution >= 4 is 0 Å². The van der Waals surface area contributed by atoms with Crippen LogP contribution in [0.15, 0.2) is 24.3 Å². The van der Waals surface area contributed by atoms with Gasteiger partial charge in [0.15, 0.2) is 0 Å². The van der Waals surface area contributed by atoms with Gasteiger partial charge in [-0.2, -0.15) is 0 Å². The zero-order valence-electron chi connectivity index (χ0n) is 11.2. The molecule has 0 amide bonds. The molecule has 2 atom stereocenters. The number of nitrogens with one attached hydrogen (secondary N) is 1. The van der Waals surface area contributed by atoms with Gasteiger partial charge in [0.25, 0.3) is 0 Å². The molecule has 1 aromatic rings. The summed E-state index contributed by atoms with van der Waals surface area (Å²) in [7, 11) is 0. The number of hydrogen-bond donors (Lipinski definition) is 2. The predicted octanol–water partition coefficient (Wildman–Crippen LogP) is 2.65. The van der Waals surface area contributed by atoms with Gasteiger partial charge in [-0.05, 0) is 24.5 Å². The molecule has 0 bridgehead atoms. The minimum Gasteiger partial charge on any atom is -0.493 e. The molecule has 100 valence electrons. The van der Waals surface area contributed by atoms with Gasteiger partial charge in [-0.25, -0.2) is 0 Å². The van der Waals surface area contributed by atoms with Gasteiger partial charge in [-0.1, -0.05) is 44.4 Å². The quantitative estimate of drug-likeness (QED) is 0.462. The summed E-state index contributed by atoms with van der Waals surface area (Å²) in [4.78, 5) is 0. The molecular weight excluding hydrogens is 224 g/mol. The SMILES string of the molecule is CCCCCC(NN)C1COc2ccccc2C1. The lowest BCUT2D eigenvalue weighted by molar-refractivity contribution is 0.178. The summed E-state index contributed by atoms with van der Waals surface area (Å²) in [5.41, 5.74) is 4.29. The fourth-order valence-corrected chi connectivity index (χ4v) is 2.68. The lowest BCUT2D eigenvalue weighted by atomic mass is 9.88. The predicted molar refractivity (Wildman–Crippen MR) is 74.4 cm³/mol. The van der Waals surface area contributed by atoms with Gasteiger partial charge in [0, 0.05) is 12.0 Å². The number of benzene rings is 1. The van der Waals surface area contributed by atoms with E-state index in [-0.39, 0.29) is 0 Å². The Morgan fingerprint density at radius 3 is 3.00 bits per heavy atom. The molecule has 0 aromatic heterocycles. The first-order valence-corrected chi connectivity index (χ1v) is 7.02. The lowest BCUT2D eigenvalue weighted by Gasteiger charge is -2.31. The highest BCUT2D eigenvalue weighted by atomic mass is 16.5. The molecule has 3 N–H and O–H groups in total. The maximum absolute atomic E-state index is 5.83. The number of hydrazine groups is 1. The van der Waals surface area contributed by atoms with Crippen molar-refractivity contribution in [1.29, 1.82) is 0 Å². The number of hydrogen-bond acceptors (Lipinski definition) is 3. The van der Waals surface area contributed by atoms with Crippen LogP contribution < -0.4 is 16.0 Å². The Morgan fingerprint density at radius 1 is 1.39 bits per heavy atom. The minimum absolute atomic E-state index is 0.366. The Labute approximate surface area is 110 Å². The number of nitrogens with two attached hydrogens (primary N) is 1. The van der Waals surface area contributed by atoms with Gasteiger partial charge in [0.05, 0.1) is 6.61 Å². The molecule has 1 heterocycles. The van der Waals surface area contributed by atoms with Crippen molar-refractivity contribution in [3.63, 3.8) is 0 Å². The molecule has 1 aliphatic heterocycles. The Kier molecular flexibility index (Phi) is 5.02. The van der Waals surface area contributed by atoms with Crippen LogP contribution in [-0.4, -0.2) is 12.6 Å². The zero-order valence-corrected chi connectivity index (χ0v) is 11.2.